The molecule has 3 aromatic heterocycles. The first kappa shape index (κ1) is 20.8. The number of para-hydroxylation sites is 2. The molecular formula is C28H22N6O. The van der Waals surface area contributed by atoms with Gasteiger partial charge in [-0.25, -0.2) is 4.98 Å². The smallest absolute Gasteiger partial charge is 0.184 e. The zero-order chi connectivity index (χ0) is 23.5. The molecule has 0 amide bonds. The number of hydrogen-bond donors (Lipinski definition) is 0. The minimum Gasteiger partial charge on any atom is -0.469 e. The van der Waals surface area contributed by atoms with Crippen molar-refractivity contribution in [3.8, 4) is 5.75 Å². The second kappa shape index (κ2) is 9.23. The van der Waals surface area contributed by atoms with E-state index in [0.29, 0.717) is 0 Å². The van der Waals surface area contributed by atoms with E-state index in [1.807, 2.05) is 36.4 Å². The lowest BCUT2D eigenvalue weighted by atomic mass is 10.1. The van der Waals surface area contributed by atoms with Crippen molar-refractivity contribution in [1.82, 2.24) is 29.8 Å². The second-order valence-corrected chi connectivity index (χ2v) is 8.27. The summed E-state index contributed by atoms with van der Waals surface area (Å²) < 4.78 is 9.78. The van der Waals surface area contributed by atoms with Crippen LogP contribution in [0.5, 0.6) is 5.75 Å². The van der Waals surface area contributed by atoms with Gasteiger partial charge in [-0.2, -0.15) is 4.68 Å². The minimum atomic E-state index is 0.250. The molecule has 7 heteroatoms. The third-order valence-electron chi connectivity index (χ3n) is 5.87. The number of fused-ring (bicyclic) bond motifs is 2. The fraction of sp³-hybridized carbons (Fsp3) is 0.0714. The van der Waals surface area contributed by atoms with Crippen LogP contribution in [0.1, 0.15) is 16.8 Å². The zero-order valence-corrected chi connectivity index (χ0v) is 18.9. The van der Waals surface area contributed by atoms with E-state index in [4.69, 9.17) is 9.72 Å². The van der Waals surface area contributed by atoms with Crippen molar-refractivity contribution in [2.75, 3.05) is 0 Å². The van der Waals surface area contributed by atoms with Gasteiger partial charge in [0.25, 0.3) is 0 Å². The van der Waals surface area contributed by atoms with Gasteiger partial charge in [0.05, 0.1) is 16.7 Å². The predicted molar refractivity (Wildman–Crippen MR) is 137 cm³/mol. The van der Waals surface area contributed by atoms with Gasteiger partial charge in [-0.15, -0.1) is 5.10 Å². The molecule has 170 valence electrons. The topological polar surface area (TPSA) is 70.7 Å². The quantitative estimate of drug-likeness (QED) is 0.319. The molecule has 0 aliphatic carbocycles. The van der Waals surface area contributed by atoms with Gasteiger partial charge in [0, 0.05) is 23.5 Å². The van der Waals surface area contributed by atoms with E-state index in [-0.39, 0.29) is 6.73 Å². The molecule has 0 fully saturated rings. The van der Waals surface area contributed by atoms with E-state index in [2.05, 4.69) is 87.0 Å². The first-order chi connectivity index (χ1) is 17.3. The monoisotopic (exact) mass is 458 g/mol. The van der Waals surface area contributed by atoms with Crippen LogP contribution in [0.3, 0.4) is 0 Å². The van der Waals surface area contributed by atoms with Crippen LogP contribution < -0.4 is 4.74 Å². The molecule has 6 rings (SSSR count). The molecular weight excluding hydrogens is 436 g/mol. The van der Waals surface area contributed by atoms with Crippen LogP contribution in [0.2, 0.25) is 0 Å². The van der Waals surface area contributed by atoms with Gasteiger partial charge >= 0.3 is 0 Å². The van der Waals surface area contributed by atoms with Crippen LogP contribution in [0.4, 0.5) is 0 Å². The number of ether oxygens (including phenoxy) is 1. The van der Waals surface area contributed by atoms with Crippen molar-refractivity contribution in [1.29, 1.82) is 0 Å². The summed E-state index contributed by atoms with van der Waals surface area (Å²) in [7, 11) is 0. The number of aromatic nitrogens is 6. The van der Waals surface area contributed by atoms with E-state index in [1.165, 1.54) is 11.9 Å². The van der Waals surface area contributed by atoms with Crippen molar-refractivity contribution in [3.63, 3.8) is 0 Å². The Kier molecular flexibility index (Phi) is 5.48. The molecule has 0 saturated carbocycles. The Hall–Kier alpha value is -4.78. The van der Waals surface area contributed by atoms with E-state index in [9.17, 15) is 0 Å². The molecule has 35 heavy (non-hydrogen) atoms. The van der Waals surface area contributed by atoms with Gasteiger partial charge in [-0.3, -0.25) is 0 Å². The highest BCUT2D eigenvalue weighted by Gasteiger charge is 2.09. The average Bonchev–Trinajstić information content (AvgIpc) is 3.57. The molecule has 0 spiro atoms. The van der Waals surface area contributed by atoms with Crippen LogP contribution in [-0.2, 0) is 13.3 Å². The summed E-state index contributed by atoms with van der Waals surface area (Å²) in [6, 6.07) is 29.0. The molecule has 0 unspecified atom stereocenters. The molecule has 0 aliphatic heterocycles. The molecule has 0 atom stereocenters. The molecule has 0 saturated heterocycles. The highest BCUT2D eigenvalue weighted by molar-refractivity contribution is 5.86. The molecule has 3 aromatic carbocycles. The first-order valence-corrected chi connectivity index (χ1v) is 11.4. The maximum absolute atomic E-state index is 6.02. The summed E-state index contributed by atoms with van der Waals surface area (Å²) in [6.07, 6.45) is 7.79. The maximum atomic E-state index is 6.02. The SMILES string of the molecule is C(=C\c1ccc2ccccc2n1)/c1cccc(Cn2ccc3cccc(OCn4cnnn4)c32)c1. The fourth-order valence-corrected chi connectivity index (χ4v) is 4.20. The van der Waals surface area contributed by atoms with E-state index in [0.717, 1.165) is 45.4 Å². The van der Waals surface area contributed by atoms with Crippen LogP contribution in [-0.4, -0.2) is 29.8 Å². The normalized spacial score (nSPS) is 11.5. The minimum absolute atomic E-state index is 0.250. The largest absolute Gasteiger partial charge is 0.469 e. The molecule has 0 bridgehead atoms. The predicted octanol–water partition coefficient (Wildman–Crippen LogP) is 5.43. The average molecular weight is 459 g/mol. The number of tetrazole rings is 1. The van der Waals surface area contributed by atoms with Crippen molar-refractivity contribution < 1.29 is 4.74 Å². The lowest BCUT2D eigenvalue weighted by molar-refractivity contribution is 0.220. The summed E-state index contributed by atoms with van der Waals surface area (Å²) >= 11 is 0. The van der Waals surface area contributed by atoms with E-state index < -0.39 is 0 Å². The molecule has 3 heterocycles. The van der Waals surface area contributed by atoms with Crippen molar-refractivity contribution >= 4 is 34.0 Å². The zero-order valence-electron chi connectivity index (χ0n) is 18.9. The van der Waals surface area contributed by atoms with Crippen molar-refractivity contribution in [2.24, 2.45) is 0 Å². The van der Waals surface area contributed by atoms with Gasteiger partial charge in [0.2, 0.25) is 0 Å². The van der Waals surface area contributed by atoms with Crippen LogP contribution in [0.15, 0.2) is 97.5 Å². The van der Waals surface area contributed by atoms with Gasteiger partial charge in [-0.05, 0) is 58.0 Å². The number of benzene rings is 3. The first-order valence-electron chi connectivity index (χ1n) is 11.4. The van der Waals surface area contributed by atoms with Gasteiger partial charge in [0.1, 0.15) is 12.1 Å². The number of pyridine rings is 1. The highest BCUT2D eigenvalue weighted by Crippen LogP contribution is 2.28. The molecule has 0 N–H and O–H groups in total. The molecule has 0 aliphatic rings. The number of hydrogen-bond acceptors (Lipinski definition) is 5. The number of nitrogens with zero attached hydrogens (tertiary/aromatic N) is 6. The molecule has 6 aromatic rings. The maximum Gasteiger partial charge on any atom is 0.184 e. The van der Waals surface area contributed by atoms with Gasteiger partial charge < -0.3 is 9.30 Å². The van der Waals surface area contributed by atoms with E-state index in [1.54, 1.807) is 4.68 Å². The summed E-state index contributed by atoms with van der Waals surface area (Å²) in [5.74, 6) is 0.793. The fourth-order valence-electron chi connectivity index (χ4n) is 4.20. The third kappa shape index (κ3) is 4.52. The lowest BCUT2D eigenvalue weighted by Crippen LogP contribution is -2.07. The second-order valence-electron chi connectivity index (χ2n) is 8.27. The van der Waals surface area contributed by atoms with Crippen LogP contribution in [0, 0.1) is 0 Å². The third-order valence-corrected chi connectivity index (χ3v) is 5.87. The Labute approximate surface area is 201 Å². The van der Waals surface area contributed by atoms with Crippen LogP contribution in [0.25, 0.3) is 34.0 Å². The van der Waals surface area contributed by atoms with Crippen molar-refractivity contribution in [3.05, 3.63) is 114 Å². The van der Waals surface area contributed by atoms with Crippen molar-refractivity contribution in [2.45, 2.75) is 13.3 Å². The Morgan fingerprint density at radius 3 is 2.69 bits per heavy atom. The molecule has 7 nitrogen and oxygen atoms in total. The standard InChI is InChI=1S/C28H22N6O/c1-2-9-26-23(7-1)12-14-25(30-26)13-11-21-5-3-6-22(17-21)18-33-16-15-24-8-4-10-27(28(24)33)35-20-34-19-29-31-32-34/h1-17,19H,18,20H2/b13-11+. The Morgan fingerprint density at radius 2 is 1.74 bits per heavy atom. The number of rotatable bonds is 7. The summed E-state index contributed by atoms with van der Waals surface area (Å²) in [5, 5.41) is 13.4. The Bertz CT molecular complexity index is 1630. The van der Waals surface area contributed by atoms with Crippen LogP contribution >= 0.6 is 0 Å². The summed E-state index contributed by atoms with van der Waals surface area (Å²) in [6.45, 7) is 0.977. The Morgan fingerprint density at radius 1 is 0.829 bits per heavy atom. The Balaban J connectivity index is 1.23. The summed E-state index contributed by atoms with van der Waals surface area (Å²) in [5.41, 5.74) is 5.31. The molecule has 0 radical (unpaired) electrons. The highest BCUT2D eigenvalue weighted by atomic mass is 16.5. The lowest BCUT2D eigenvalue weighted by Gasteiger charge is -2.11. The van der Waals surface area contributed by atoms with Gasteiger partial charge in [-0.1, -0.05) is 60.7 Å². The van der Waals surface area contributed by atoms with E-state index >= 15 is 0 Å². The van der Waals surface area contributed by atoms with Gasteiger partial charge in [0.15, 0.2) is 6.73 Å². The summed E-state index contributed by atoms with van der Waals surface area (Å²) in [4.78, 5) is 4.73.